The van der Waals surface area contributed by atoms with Crippen LogP contribution in [0.4, 0.5) is 0 Å². The van der Waals surface area contributed by atoms with Crippen LogP contribution in [0.5, 0.6) is 0 Å². The molecule has 1 heteroatoms. The van der Waals surface area contributed by atoms with E-state index in [1.54, 1.807) is 0 Å². The van der Waals surface area contributed by atoms with Gasteiger partial charge in [-0.05, 0) is 48.4 Å². The van der Waals surface area contributed by atoms with Crippen molar-refractivity contribution in [1.82, 2.24) is 0 Å². The van der Waals surface area contributed by atoms with Crippen molar-refractivity contribution in [3.63, 3.8) is 0 Å². The molecule has 1 aromatic rings. The molecule has 1 aromatic carbocycles. The summed E-state index contributed by atoms with van der Waals surface area (Å²) < 4.78 is 0. The van der Waals surface area contributed by atoms with Crippen LogP contribution in [0.1, 0.15) is 42.4 Å². The van der Waals surface area contributed by atoms with E-state index in [9.17, 15) is 0 Å². The maximum absolute atomic E-state index is 8.78. The van der Waals surface area contributed by atoms with Crippen molar-refractivity contribution in [3.05, 3.63) is 34.9 Å². The van der Waals surface area contributed by atoms with Gasteiger partial charge in [0.25, 0.3) is 0 Å². The van der Waals surface area contributed by atoms with E-state index >= 15 is 0 Å². The van der Waals surface area contributed by atoms with Crippen LogP contribution in [-0.2, 0) is 6.42 Å². The molecule has 1 atom stereocenters. The molecule has 0 spiro atoms. The molecule has 66 valence electrons. The van der Waals surface area contributed by atoms with Gasteiger partial charge in [-0.25, -0.2) is 0 Å². The molecule has 0 saturated carbocycles. The van der Waals surface area contributed by atoms with Gasteiger partial charge in [-0.15, -0.1) is 0 Å². The number of nitriles is 1. The topological polar surface area (TPSA) is 23.8 Å². The summed E-state index contributed by atoms with van der Waals surface area (Å²) in [5.74, 6) is 0.636. The van der Waals surface area contributed by atoms with Gasteiger partial charge in [0.2, 0.25) is 0 Å². The maximum Gasteiger partial charge on any atom is 0.0991 e. The standard InChI is InChI=1S/C12H13N/c1-9-3-2-4-11-6-5-10(8-13)7-12(9)11/h5-7,9H,2-4H2,1H3. The second-order valence-electron chi connectivity index (χ2n) is 3.82. The Hall–Kier alpha value is -1.29. The first kappa shape index (κ1) is 8.31. The molecule has 0 amide bonds. The van der Waals surface area contributed by atoms with Crippen LogP contribution in [0.15, 0.2) is 18.2 Å². The fourth-order valence-corrected chi connectivity index (χ4v) is 2.11. The lowest BCUT2D eigenvalue weighted by Crippen LogP contribution is -2.06. The van der Waals surface area contributed by atoms with Gasteiger partial charge in [0, 0.05) is 0 Å². The summed E-state index contributed by atoms with van der Waals surface area (Å²) >= 11 is 0. The largest absolute Gasteiger partial charge is 0.192 e. The molecule has 0 aliphatic heterocycles. The first-order valence-electron chi connectivity index (χ1n) is 4.84. The van der Waals surface area contributed by atoms with Gasteiger partial charge in [0.15, 0.2) is 0 Å². The van der Waals surface area contributed by atoms with E-state index < -0.39 is 0 Å². The lowest BCUT2D eigenvalue weighted by atomic mass is 9.83. The van der Waals surface area contributed by atoms with E-state index in [4.69, 9.17) is 5.26 Å². The molecule has 0 heterocycles. The summed E-state index contributed by atoms with van der Waals surface area (Å²) in [5, 5.41) is 8.78. The molecule has 1 aliphatic carbocycles. The maximum atomic E-state index is 8.78. The lowest BCUT2D eigenvalue weighted by Gasteiger charge is -2.22. The van der Waals surface area contributed by atoms with Crippen molar-refractivity contribution < 1.29 is 0 Å². The molecule has 1 unspecified atom stereocenters. The molecule has 0 saturated heterocycles. The predicted molar refractivity (Wildman–Crippen MR) is 52.5 cm³/mol. The Kier molecular flexibility index (Phi) is 2.06. The summed E-state index contributed by atoms with van der Waals surface area (Å²) in [7, 11) is 0. The van der Waals surface area contributed by atoms with E-state index in [1.807, 2.05) is 6.07 Å². The van der Waals surface area contributed by atoms with Gasteiger partial charge in [-0.2, -0.15) is 5.26 Å². The first-order valence-corrected chi connectivity index (χ1v) is 4.84. The van der Waals surface area contributed by atoms with Gasteiger partial charge in [-0.1, -0.05) is 13.0 Å². The van der Waals surface area contributed by atoms with Crippen LogP contribution in [0, 0.1) is 11.3 Å². The van der Waals surface area contributed by atoms with Crippen molar-refractivity contribution in [2.75, 3.05) is 0 Å². The Morgan fingerprint density at radius 2 is 2.31 bits per heavy atom. The Bertz CT molecular complexity index is 360. The average molecular weight is 171 g/mol. The molecular weight excluding hydrogens is 158 g/mol. The molecule has 0 N–H and O–H groups in total. The van der Waals surface area contributed by atoms with Crippen molar-refractivity contribution in [1.29, 1.82) is 5.26 Å². The molecule has 0 bridgehead atoms. The van der Waals surface area contributed by atoms with E-state index in [-0.39, 0.29) is 0 Å². The molecule has 0 fully saturated rings. The van der Waals surface area contributed by atoms with Gasteiger partial charge in [0.1, 0.15) is 0 Å². The van der Waals surface area contributed by atoms with Crippen LogP contribution < -0.4 is 0 Å². The van der Waals surface area contributed by atoms with Crippen LogP contribution in [0.2, 0.25) is 0 Å². The summed E-state index contributed by atoms with van der Waals surface area (Å²) in [5.41, 5.74) is 3.63. The summed E-state index contributed by atoms with van der Waals surface area (Å²) in [6.45, 7) is 2.25. The van der Waals surface area contributed by atoms with E-state index in [2.05, 4.69) is 25.1 Å². The minimum atomic E-state index is 0.636. The third kappa shape index (κ3) is 1.45. The minimum absolute atomic E-state index is 0.636. The lowest BCUT2D eigenvalue weighted by molar-refractivity contribution is 0.590. The second-order valence-corrected chi connectivity index (χ2v) is 3.82. The van der Waals surface area contributed by atoms with Gasteiger partial charge in [0.05, 0.1) is 11.6 Å². The Labute approximate surface area is 79.0 Å². The van der Waals surface area contributed by atoms with E-state index in [0.29, 0.717) is 5.92 Å². The highest BCUT2D eigenvalue weighted by Gasteiger charge is 2.15. The fraction of sp³-hybridized carbons (Fsp3) is 0.417. The Morgan fingerprint density at radius 1 is 1.46 bits per heavy atom. The zero-order valence-electron chi connectivity index (χ0n) is 7.88. The average Bonchev–Trinajstić information content (AvgIpc) is 2.18. The number of nitrogens with zero attached hydrogens (tertiary/aromatic N) is 1. The first-order chi connectivity index (χ1) is 6.31. The van der Waals surface area contributed by atoms with E-state index in [0.717, 1.165) is 5.56 Å². The third-order valence-electron chi connectivity index (χ3n) is 2.89. The Morgan fingerprint density at radius 3 is 3.08 bits per heavy atom. The number of rotatable bonds is 0. The third-order valence-corrected chi connectivity index (χ3v) is 2.89. The molecule has 13 heavy (non-hydrogen) atoms. The smallest absolute Gasteiger partial charge is 0.0991 e. The van der Waals surface area contributed by atoms with Crippen molar-refractivity contribution in [3.8, 4) is 6.07 Å². The summed E-state index contributed by atoms with van der Waals surface area (Å²) in [6.07, 6.45) is 3.74. The normalized spacial score (nSPS) is 20.5. The van der Waals surface area contributed by atoms with Crippen LogP contribution in [0.25, 0.3) is 0 Å². The van der Waals surface area contributed by atoms with Gasteiger partial charge in [-0.3, -0.25) is 0 Å². The summed E-state index contributed by atoms with van der Waals surface area (Å²) in [6, 6.07) is 8.29. The second kappa shape index (κ2) is 3.22. The molecule has 1 aliphatic rings. The highest BCUT2D eigenvalue weighted by molar-refractivity contribution is 5.40. The van der Waals surface area contributed by atoms with Crippen LogP contribution in [-0.4, -0.2) is 0 Å². The van der Waals surface area contributed by atoms with Crippen LogP contribution in [0.3, 0.4) is 0 Å². The number of hydrogen-bond donors (Lipinski definition) is 0. The van der Waals surface area contributed by atoms with E-state index in [1.165, 1.54) is 30.4 Å². The predicted octanol–water partition coefficient (Wildman–Crippen LogP) is 3.00. The monoisotopic (exact) mass is 171 g/mol. The Balaban J connectivity index is 2.48. The molecule has 1 nitrogen and oxygen atoms in total. The fourth-order valence-electron chi connectivity index (χ4n) is 2.11. The van der Waals surface area contributed by atoms with Crippen molar-refractivity contribution >= 4 is 0 Å². The van der Waals surface area contributed by atoms with Crippen molar-refractivity contribution in [2.45, 2.75) is 32.1 Å². The van der Waals surface area contributed by atoms with Crippen molar-refractivity contribution in [2.24, 2.45) is 0 Å². The van der Waals surface area contributed by atoms with Gasteiger partial charge < -0.3 is 0 Å². The number of fused-ring (bicyclic) bond motifs is 1. The quantitative estimate of drug-likeness (QED) is 0.588. The highest BCUT2D eigenvalue weighted by Crippen LogP contribution is 2.31. The zero-order valence-corrected chi connectivity index (χ0v) is 7.88. The number of benzene rings is 1. The van der Waals surface area contributed by atoms with Gasteiger partial charge >= 0.3 is 0 Å². The molecule has 0 aromatic heterocycles. The highest BCUT2D eigenvalue weighted by atomic mass is 14.3. The number of aryl methyl sites for hydroxylation is 1. The zero-order chi connectivity index (χ0) is 9.26. The SMILES string of the molecule is CC1CCCc2ccc(C#N)cc21. The van der Waals surface area contributed by atoms with Crippen LogP contribution >= 0.6 is 0 Å². The minimum Gasteiger partial charge on any atom is -0.192 e. The molecular formula is C12H13N. The molecule has 0 radical (unpaired) electrons. The summed E-state index contributed by atoms with van der Waals surface area (Å²) in [4.78, 5) is 0. The molecule has 2 rings (SSSR count). The number of hydrogen-bond acceptors (Lipinski definition) is 1.